The van der Waals surface area contributed by atoms with Crippen molar-refractivity contribution in [3.63, 3.8) is 0 Å². The highest BCUT2D eigenvalue weighted by Gasteiger charge is 2.33. The number of benzene rings is 2. The lowest BCUT2D eigenvalue weighted by atomic mass is 10.0. The number of hydrogen-bond acceptors (Lipinski definition) is 6. The molecular formula is C20H18F2N6O. The van der Waals surface area contributed by atoms with Crippen LogP contribution in [0, 0.1) is 11.6 Å². The van der Waals surface area contributed by atoms with Crippen LogP contribution >= 0.6 is 0 Å². The van der Waals surface area contributed by atoms with Crippen LogP contribution in [0.3, 0.4) is 0 Å². The predicted octanol–water partition coefficient (Wildman–Crippen LogP) is 2.94. The molecule has 3 N–H and O–H groups in total. The smallest absolute Gasteiger partial charge is 0.249 e. The number of nitrogens with one attached hydrogen (secondary N) is 1. The number of halogens is 2. The molecule has 0 saturated carbocycles. The number of primary amides is 1. The highest BCUT2D eigenvalue weighted by atomic mass is 19.1. The van der Waals surface area contributed by atoms with Crippen molar-refractivity contribution in [2.45, 2.75) is 25.9 Å². The van der Waals surface area contributed by atoms with Gasteiger partial charge in [0.05, 0.1) is 5.69 Å². The summed E-state index contributed by atoms with van der Waals surface area (Å²) in [5.74, 6) is -0.950. The summed E-state index contributed by atoms with van der Waals surface area (Å²) in [5, 5.41) is 3.03. The third kappa shape index (κ3) is 3.71. The summed E-state index contributed by atoms with van der Waals surface area (Å²) in [6, 6.07) is 8.58. The van der Waals surface area contributed by atoms with E-state index in [-0.39, 0.29) is 17.4 Å². The fraction of sp³-hybridized carbons (Fsp3) is 0.200. The van der Waals surface area contributed by atoms with E-state index in [1.54, 1.807) is 17.0 Å². The van der Waals surface area contributed by atoms with Crippen molar-refractivity contribution < 1.29 is 13.6 Å². The monoisotopic (exact) mass is 396 g/mol. The van der Waals surface area contributed by atoms with Crippen molar-refractivity contribution in [1.82, 2.24) is 15.0 Å². The second-order valence-corrected chi connectivity index (χ2v) is 6.83. The van der Waals surface area contributed by atoms with E-state index in [9.17, 15) is 13.6 Å². The molecule has 3 aromatic rings. The third-order valence-corrected chi connectivity index (χ3v) is 4.77. The Balaban J connectivity index is 1.63. The first-order chi connectivity index (χ1) is 13.9. The topological polar surface area (TPSA) is 97.0 Å². The number of fused-ring (bicyclic) bond motifs is 1. The van der Waals surface area contributed by atoms with Gasteiger partial charge in [-0.2, -0.15) is 4.98 Å². The molecule has 2 aromatic carbocycles. The van der Waals surface area contributed by atoms with Crippen LogP contribution in [0.5, 0.6) is 0 Å². The zero-order chi connectivity index (χ0) is 20.5. The summed E-state index contributed by atoms with van der Waals surface area (Å²) >= 11 is 0. The van der Waals surface area contributed by atoms with Gasteiger partial charge in [-0.25, -0.2) is 18.7 Å². The normalized spacial score (nSPS) is 15.3. The van der Waals surface area contributed by atoms with Gasteiger partial charge in [0.25, 0.3) is 0 Å². The molecule has 7 nitrogen and oxygen atoms in total. The molecular weight excluding hydrogens is 378 g/mol. The van der Waals surface area contributed by atoms with Crippen LogP contribution in [0.25, 0.3) is 0 Å². The van der Waals surface area contributed by atoms with Gasteiger partial charge in [-0.05, 0) is 48.7 Å². The number of amides is 1. The average Bonchev–Trinajstić information content (AvgIpc) is 3.01. The molecule has 0 spiro atoms. The predicted molar refractivity (Wildman–Crippen MR) is 104 cm³/mol. The number of hydrogen-bond donors (Lipinski definition) is 2. The maximum absolute atomic E-state index is 14.1. The van der Waals surface area contributed by atoms with Gasteiger partial charge in [-0.1, -0.05) is 12.1 Å². The lowest BCUT2D eigenvalue weighted by molar-refractivity contribution is 0.0999. The van der Waals surface area contributed by atoms with Crippen LogP contribution in [0.15, 0.2) is 42.7 Å². The van der Waals surface area contributed by atoms with Crippen LogP contribution in [-0.2, 0) is 13.0 Å². The summed E-state index contributed by atoms with van der Waals surface area (Å²) < 4.78 is 27.4. The maximum atomic E-state index is 14.1. The molecule has 0 saturated heterocycles. The number of anilines is 3. The van der Waals surface area contributed by atoms with Gasteiger partial charge in [-0.15, -0.1) is 0 Å². The Morgan fingerprint density at radius 2 is 2.07 bits per heavy atom. The molecule has 0 bridgehead atoms. The van der Waals surface area contributed by atoms with Gasteiger partial charge >= 0.3 is 0 Å². The van der Waals surface area contributed by atoms with Crippen molar-refractivity contribution in [1.29, 1.82) is 0 Å². The molecule has 148 valence electrons. The summed E-state index contributed by atoms with van der Waals surface area (Å²) in [6.07, 6.45) is 1.85. The molecule has 0 fully saturated rings. The minimum Gasteiger partial charge on any atom is -0.366 e. The fourth-order valence-electron chi connectivity index (χ4n) is 3.52. The Labute approximate surface area is 165 Å². The average molecular weight is 396 g/mol. The molecule has 4 rings (SSSR count). The van der Waals surface area contributed by atoms with Crippen molar-refractivity contribution in [2.24, 2.45) is 5.73 Å². The first kappa shape index (κ1) is 18.7. The van der Waals surface area contributed by atoms with Crippen LogP contribution in [0.4, 0.5) is 26.4 Å². The minimum absolute atomic E-state index is 0.108. The molecule has 1 aliphatic rings. The molecule has 9 heteroatoms. The zero-order valence-electron chi connectivity index (χ0n) is 15.6. The first-order valence-corrected chi connectivity index (χ1v) is 9.01. The Morgan fingerprint density at radius 3 is 2.83 bits per heavy atom. The summed E-state index contributed by atoms with van der Waals surface area (Å²) in [5.41, 5.74) is 7.48. The Kier molecular flexibility index (Phi) is 4.79. The largest absolute Gasteiger partial charge is 0.366 e. The molecule has 1 atom stereocenters. The number of nitrogens with zero attached hydrogens (tertiary/aromatic N) is 4. The van der Waals surface area contributed by atoms with Gasteiger partial charge in [0, 0.05) is 18.2 Å². The highest BCUT2D eigenvalue weighted by Crippen LogP contribution is 2.39. The molecule has 29 heavy (non-hydrogen) atoms. The number of carbonyl (C=O) groups is 1. The second-order valence-electron chi connectivity index (χ2n) is 6.83. The van der Waals surface area contributed by atoms with E-state index in [0.717, 1.165) is 11.6 Å². The SMILES string of the molecule is CC1Cc2c(C(N)=O)cc(F)cc2N1c1ncnc(NCc2cccc(F)c2)n1. The van der Waals surface area contributed by atoms with Crippen molar-refractivity contribution in [3.8, 4) is 0 Å². The molecule has 2 heterocycles. The van der Waals surface area contributed by atoms with Gasteiger partial charge in [0.1, 0.15) is 18.0 Å². The van der Waals surface area contributed by atoms with E-state index in [1.165, 1.54) is 24.5 Å². The number of aromatic nitrogens is 3. The van der Waals surface area contributed by atoms with E-state index >= 15 is 0 Å². The quantitative estimate of drug-likeness (QED) is 0.688. The Hall–Kier alpha value is -3.62. The fourth-order valence-corrected chi connectivity index (χ4v) is 3.52. The van der Waals surface area contributed by atoms with Gasteiger partial charge < -0.3 is 16.0 Å². The lowest BCUT2D eigenvalue weighted by Crippen LogP contribution is -2.26. The van der Waals surface area contributed by atoms with E-state index in [0.29, 0.717) is 36.1 Å². The number of rotatable bonds is 5. The lowest BCUT2D eigenvalue weighted by Gasteiger charge is -2.22. The number of carbonyl (C=O) groups excluding carboxylic acids is 1. The Bertz CT molecular complexity index is 1090. The molecule has 1 aliphatic heterocycles. The van der Waals surface area contributed by atoms with Crippen LogP contribution in [-0.4, -0.2) is 26.9 Å². The minimum atomic E-state index is -0.678. The van der Waals surface area contributed by atoms with Crippen LogP contribution in [0.1, 0.15) is 28.4 Å². The van der Waals surface area contributed by atoms with Gasteiger partial charge in [-0.3, -0.25) is 4.79 Å². The van der Waals surface area contributed by atoms with E-state index in [2.05, 4.69) is 20.3 Å². The summed E-state index contributed by atoms with van der Waals surface area (Å²) in [6.45, 7) is 2.25. The van der Waals surface area contributed by atoms with Gasteiger partial charge in [0.15, 0.2) is 0 Å². The maximum Gasteiger partial charge on any atom is 0.249 e. The number of nitrogens with two attached hydrogens (primary N) is 1. The summed E-state index contributed by atoms with van der Waals surface area (Å²) in [4.78, 5) is 26.2. The zero-order valence-corrected chi connectivity index (χ0v) is 15.6. The van der Waals surface area contributed by atoms with Crippen molar-refractivity contribution in [2.75, 3.05) is 10.2 Å². The second kappa shape index (κ2) is 7.42. The third-order valence-electron chi connectivity index (χ3n) is 4.77. The van der Waals surface area contributed by atoms with E-state index in [1.807, 2.05) is 6.92 Å². The molecule has 1 aromatic heterocycles. The van der Waals surface area contributed by atoms with E-state index < -0.39 is 11.7 Å². The van der Waals surface area contributed by atoms with Crippen molar-refractivity contribution in [3.05, 3.63) is 71.1 Å². The standard InChI is InChI=1S/C20H18F2N6O/c1-11-5-15-16(18(23)29)7-14(22)8-17(15)28(11)20-26-10-25-19(27-20)24-9-12-3-2-4-13(21)6-12/h2-4,6-8,10-11H,5,9H2,1H3,(H2,23,29)(H,24,25,26,27). The van der Waals surface area contributed by atoms with Crippen molar-refractivity contribution >= 4 is 23.5 Å². The first-order valence-electron chi connectivity index (χ1n) is 9.01. The molecule has 0 radical (unpaired) electrons. The molecule has 1 amide bonds. The van der Waals surface area contributed by atoms with Crippen LogP contribution < -0.4 is 16.0 Å². The van der Waals surface area contributed by atoms with Gasteiger partial charge in [0.2, 0.25) is 17.8 Å². The van der Waals surface area contributed by atoms with E-state index in [4.69, 9.17) is 5.73 Å². The highest BCUT2D eigenvalue weighted by molar-refractivity contribution is 5.97. The van der Waals surface area contributed by atoms with Crippen LogP contribution in [0.2, 0.25) is 0 Å². The molecule has 1 unspecified atom stereocenters. The summed E-state index contributed by atoms with van der Waals surface area (Å²) in [7, 11) is 0. The molecule has 0 aliphatic carbocycles. The Morgan fingerprint density at radius 1 is 1.24 bits per heavy atom.